The summed E-state index contributed by atoms with van der Waals surface area (Å²) in [5.74, 6) is -2.01. The first-order chi connectivity index (χ1) is 10.6. The highest BCUT2D eigenvalue weighted by molar-refractivity contribution is 6.23. The second-order valence-electron chi connectivity index (χ2n) is 4.78. The number of aliphatic carboxylic acids is 2. The Labute approximate surface area is 128 Å². The summed E-state index contributed by atoms with van der Waals surface area (Å²) >= 11 is 0. The molecule has 112 valence electrons. The summed E-state index contributed by atoms with van der Waals surface area (Å²) in [5, 5.41) is 18.5. The topological polar surface area (TPSA) is 74.6 Å². The van der Waals surface area contributed by atoms with Crippen LogP contribution in [0.2, 0.25) is 0 Å². The van der Waals surface area contributed by atoms with Crippen molar-refractivity contribution in [2.75, 3.05) is 0 Å². The van der Waals surface area contributed by atoms with Gasteiger partial charge >= 0.3 is 11.9 Å². The Bertz CT molecular complexity index is 688. The Kier molecular flexibility index (Phi) is 5.09. The van der Waals surface area contributed by atoms with E-state index in [0.29, 0.717) is 11.1 Å². The van der Waals surface area contributed by atoms with Crippen LogP contribution in [-0.2, 0) is 9.59 Å². The summed E-state index contributed by atoms with van der Waals surface area (Å²) in [6.45, 7) is 0. The average Bonchev–Trinajstić information content (AvgIpc) is 2.52. The van der Waals surface area contributed by atoms with Crippen molar-refractivity contribution in [2.24, 2.45) is 0 Å². The molecular formula is C18H16O4. The zero-order valence-corrected chi connectivity index (χ0v) is 11.9. The molecule has 0 bridgehead atoms. The van der Waals surface area contributed by atoms with E-state index in [0.717, 1.165) is 5.56 Å². The van der Waals surface area contributed by atoms with Crippen molar-refractivity contribution in [1.82, 2.24) is 0 Å². The molecule has 2 aromatic rings. The fourth-order valence-corrected chi connectivity index (χ4v) is 2.32. The molecule has 4 nitrogen and oxygen atoms in total. The number of allylic oxidation sites excluding steroid dienone is 1. The van der Waals surface area contributed by atoms with Crippen LogP contribution in [-0.4, -0.2) is 22.2 Å². The third kappa shape index (κ3) is 3.82. The molecule has 0 radical (unpaired) electrons. The molecule has 2 N–H and O–H groups in total. The predicted octanol–water partition coefficient (Wildman–Crippen LogP) is 3.55. The van der Waals surface area contributed by atoms with E-state index in [-0.39, 0.29) is 18.4 Å². The average molecular weight is 296 g/mol. The van der Waals surface area contributed by atoms with E-state index in [1.807, 2.05) is 12.1 Å². The zero-order chi connectivity index (χ0) is 15.9. The fourth-order valence-electron chi connectivity index (χ4n) is 2.32. The Hall–Kier alpha value is -2.88. The van der Waals surface area contributed by atoms with Crippen molar-refractivity contribution in [2.45, 2.75) is 12.8 Å². The Balaban J connectivity index is 2.60. The van der Waals surface area contributed by atoms with E-state index in [9.17, 15) is 14.7 Å². The van der Waals surface area contributed by atoms with Crippen LogP contribution in [0.3, 0.4) is 0 Å². The maximum atomic E-state index is 11.8. The van der Waals surface area contributed by atoms with Gasteiger partial charge in [0.25, 0.3) is 0 Å². The highest BCUT2D eigenvalue weighted by Crippen LogP contribution is 2.30. The van der Waals surface area contributed by atoms with E-state index in [1.165, 1.54) is 0 Å². The zero-order valence-electron chi connectivity index (χ0n) is 11.9. The van der Waals surface area contributed by atoms with Crippen LogP contribution in [0.25, 0.3) is 11.1 Å². The number of rotatable bonds is 6. The van der Waals surface area contributed by atoms with Gasteiger partial charge in [0.2, 0.25) is 0 Å². The van der Waals surface area contributed by atoms with E-state index >= 15 is 0 Å². The van der Waals surface area contributed by atoms with Gasteiger partial charge in [-0.25, -0.2) is 4.79 Å². The van der Waals surface area contributed by atoms with Crippen LogP contribution in [0, 0.1) is 0 Å². The number of hydrogen-bond acceptors (Lipinski definition) is 2. The molecule has 0 saturated carbocycles. The molecular weight excluding hydrogens is 280 g/mol. The van der Waals surface area contributed by atoms with Crippen LogP contribution in [0.4, 0.5) is 0 Å². The minimum atomic E-state index is -1.06. The Morgan fingerprint density at radius 2 is 1.23 bits per heavy atom. The fraction of sp³-hybridized carbons (Fsp3) is 0.111. The molecule has 0 aliphatic carbocycles. The molecule has 0 saturated heterocycles. The number of carboxylic acids is 2. The molecule has 0 spiro atoms. The molecule has 0 aromatic heterocycles. The van der Waals surface area contributed by atoms with Crippen LogP contribution < -0.4 is 0 Å². The second-order valence-corrected chi connectivity index (χ2v) is 4.78. The maximum absolute atomic E-state index is 11.8. The molecule has 0 aliphatic rings. The van der Waals surface area contributed by atoms with Gasteiger partial charge in [-0.15, -0.1) is 0 Å². The van der Waals surface area contributed by atoms with Gasteiger partial charge in [0.1, 0.15) is 0 Å². The Morgan fingerprint density at radius 1 is 0.727 bits per heavy atom. The lowest BCUT2D eigenvalue weighted by Gasteiger charge is -2.13. The van der Waals surface area contributed by atoms with Crippen LogP contribution >= 0.6 is 0 Å². The third-order valence-electron chi connectivity index (χ3n) is 3.29. The third-order valence-corrected chi connectivity index (χ3v) is 3.29. The molecule has 4 heteroatoms. The first kappa shape index (κ1) is 15.5. The van der Waals surface area contributed by atoms with Gasteiger partial charge in [-0.1, -0.05) is 60.7 Å². The van der Waals surface area contributed by atoms with Gasteiger partial charge in [0, 0.05) is 6.42 Å². The van der Waals surface area contributed by atoms with Gasteiger partial charge in [-0.3, -0.25) is 4.79 Å². The van der Waals surface area contributed by atoms with Crippen molar-refractivity contribution in [3.8, 4) is 0 Å². The van der Waals surface area contributed by atoms with Gasteiger partial charge in [0.05, 0.1) is 5.57 Å². The molecule has 0 amide bonds. The number of carbonyl (C=O) groups is 2. The van der Waals surface area contributed by atoms with Gasteiger partial charge in [-0.05, 0) is 23.1 Å². The van der Waals surface area contributed by atoms with E-state index in [2.05, 4.69) is 0 Å². The summed E-state index contributed by atoms with van der Waals surface area (Å²) in [4.78, 5) is 22.6. The SMILES string of the molecule is O=C(O)CC/C(=C(/C(=O)O)c1ccccc1)c1ccccc1. The van der Waals surface area contributed by atoms with Crippen LogP contribution in [0.1, 0.15) is 24.0 Å². The maximum Gasteiger partial charge on any atom is 0.336 e. The van der Waals surface area contributed by atoms with Gasteiger partial charge in [-0.2, -0.15) is 0 Å². The Morgan fingerprint density at radius 3 is 1.68 bits per heavy atom. The summed E-state index contributed by atoms with van der Waals surface area (Å²) < 4.78 is 0. The van der Waals surface area contributed by atoms with Crippen LogP contribution in [0.15, 0.2) is 60.7 Å². The van der Waals surface area contributed by atoms with Crippen molar-refractivity contribution in [1.29, 1.82) is 0 Å². The standard InChI is InChI=1S/C18H16O4/c19-16(20)12-11-15(13-7-3-1-4-8-13)17(18(21)22)14-9-5-2-6-10-14/h1-10H,11-12H2,(H,19,20)(H,21,22)/b17-15-. The first-order valence-electron chi connectivity index (χ1n) is 6.88. The normalized spacial score (nSPS) is 11.6. The minimum absolute atomic E-state index is 0.117. The molecule has 2 aromatic carbocycles. The quantitative estimate of drug-likeness (QED) is 0.631. The number of benzene rings is 2. The van der Waals surface area contributed by atoms with Crippen molar-refractivity contribution < 1.29 is 19.8 Å². The van der Waals surface area contributed by atoms with Gasteiger partial charge < -0.3 is 10.2 Å². The monoisotopic (exact) mass is 296 g/mol. The molecule has 0 heterocycles. The van der Waals surface area contributed by atoms with Gasteiger partial charge in [0.15, 0.2) is 0 Å². The molecule has 0 fully saturated rings. The second kappa shape index (κ2) is 7.22. The summed E-state index contributed by atoms with van der Waals surface area (Å²) in [5.41, 5.74) is 1.97. The predicted molar refractivity (Wildman–Crippen MR) is 84.2 cm³/mol. The lowest BCUT2D eigenvalue weighted by atomic mass is 9.91. The summed E-state index contributed by atoms with van der Waals surface area (Å²) in [6, 6.07) is 17.8. The summed E-state index contributed by atoms with van der Waals surface area (Å²) in [6.07, 6.45) is 0.0454. The summed E-state index contributed by atoms with van der Waals surface area (Å²) in [7, 11) is 0. The highest BCUT2D eigenvalue weighted by atomic mass is 16.4. The minimum Gasteiger partial charge on any atom is -0.481 e. The first-order valence-corrected chi connectivity index (χ1v) is 6.88. The van der Waals surface area contributed by atoms with E-state index in [1.54, 1.807) is 48.5 Å². The van der Waals surface area contributed by atoms with Crippen molar-refractivity contribution in [3.05, 3.63) is 71.8 Å². The van der Waals surface area contributed by atoms with E-state index < -0.39 is 11.9 Å². The largest absolute Gasteiger partial charge is 0.481 e. The van der Waals surface area contributed by atoms with Crippen molar-refractivity contribution in [3.63, 3.8) is 0 Å². The molecule has 0 unspecified atom stereocenters. The number of hydrogen-bond donors (Lipinski definition) is 2. The molecule has 22 heavy (non-hydrogen) atoms. The smallest absolute Gasteiger partial charge is 0.336 e. The lowest BCUT2D eigenvalue weighted by molar-refractivity contribution is -0.137. The molecule has 0 atom stereocenters. The van der Waals surface area contributed by atoms with E-state index in [4.69, 9.17) is 5.11 Å². The highest BCUT2D eigenvalue weighted by Gasteiger charge is 2.18. The number of carboxylic acid groups (broad SMARTS) is 2. The van der Waals surface area contributed by atoms with Crippen LogP contribution in [0.5, 0.6) is 0 Å². The molecule has 0 aliphatic heterocycles. The van der Waals surface area contributed by atoms with Crippen molar-refractivity contribution >= 4 is 23.1 Å². The lowest BCUT2D eigenvalue weighted by Crippen LogP contribution is -2.05. The molecule has 2 rings (SSSR count).